The fourth-order valence-corrected chi connectivity index (χ4v) is 2.80. The number of aliphatic carboxylic acids is 1. The molecule has 2 N–H and O–H groups in total. The number of rotatable bonds is 4. The molecule has 0 spiro atoms. The van der Waals surface area contributed by atoms with Crippen molar-refractivity contribution in [3.8, 4) is 0 Å². The number of carboxylic acid groups (broad SMARTS) is 1. The molecule has 0 heterocycles. The van der Waals surface area contributed by atoms with Gasteiger partial charge in [0.05, 0.1) is 5.56 Å². The van der Waals surface area contributed by atoms with E-state index in [1.165, 1.54) is 12.1 Å². The fourth-order valence-electron chi connectivity index (χ4n) is 2.80. The SMILES string of the molecule is C[C@@H](NC1CCC(c2ccc(C(F)(F)F)cc2)C1)C(=O)O. The summed E-state index contributed by atoms with van der Waals surface area (Å²) in [5, 5.41) is 11.9. The lowest BCUT2D eigenvalue weighted by molar-refractivity contribution is -0.139. The molecule has 0 bridgehead atoms. The molecule has 2 unspecified atom stereocenters. The van der Waals surface area contributed by atoms with Crippen LogP contribution in [0, 0.1) is 0 Å². The molecule has 1 aliphatic carbocycles. The Kier molecular flexibility index (Phi) is 4.56. The van der Waals surface area contributed by atoms with Crippen molar-refractivity contribution in [3.63, 3.8) is 0 Å². The van der Waals surface area contributed by atoms with E-state index in [9.17, 15) is 18.0 Å². The van der Waals surface area contributed by atoms with Crippen LogP contribution >= 0.6 is 0 Å². The van der Waals surface area contributed by atoms with Gasteiger partial charge in [0, 0.05) is 6.04 Å². The lowest BCUT2D eigenvalue weighted by Crippen LogP contribution is -2.40. The Morgan fingerprint density at radius 1 is 1.29 bits per heavy atom. The van der Waals surface area contributed by atoms with E-state index in [4.69, 9.17) is 5.11 Å². The number of carbonyl (C=O) groups is 1. The second-order valence-electron chi connectivity index (χ2n) is 5.55. The molecule has 116 valence electrons. The van der Waals surface area contributed by atoms with Crippen molar-refractivity contribution in [2.24, 2.45) is 0 Å². The zero-order chi connectivity index (χ0) is 15.6. The van der Waals surface area contributed by atoms with E-state index in [1.54, 1.807) is 6.92 Å². The molecule has 1 fully saturated rings. The van der Waals surface area contributed by atoms with Gasteiger partial charge in [0.1, 0.15) is 6.04 Å². The molecule has 1 aromatic rings. The van der Waals surface area contributed by atoms with Crippen LogP contribution in [0.5, 0.6) is 0 Å². The molecule has 21 heavy (non-hydrogen) atoms. The van der Waals surface area contributed by atoms with Gasteiger partial charge < -0.3 is 10.4 Å². The summed E-state index contributed by atoms with van der Waals surface area (Å²) >= 11 is 0. The van der Waals surface area contributed by atoms with Crippen molar-refractivity contribution in [3.05, 3.63) is 35.4 Å². The van der Waals surface area contributed by atoms with Gasteiger partial charge in [-0.05, 0) is 49.8 Å². The van der Waals surface area contributed by atoms with Gasteiger partial charge in [-0.3, -0.25) is 4.79 Å². The highest BCUT2D eigenvalue weighted by Crippen LogP contribution is 2.36. The van der Waals surface area contributed by atoms with Crippen molar-refractivity contribution < 1.29 is 23.1 Å². The molecule has 0 aliphatic heterocycles. The highest BCUT2D eigenvalue weighted by atomic mass is 19.4. The van der Waals surface area contributed by atoms with Crippen LogP contribution in [0.4, 0.5) is 13.2 Å². The van der Waals surface area contributed by atoms with Crippen LogP contribution in [0.15, 0.2) is 24.3 Å². The summed E-state index contributed by atoms with van der Waals surface area (Å²) in [6.45, 7) is 1.59. The molecule has 0 radical (unpaired) electrons. The molecule has 1 aliphatic rings. The zero-order valence-electron chi connectivity index (χ0n) is 11.7. The first-order chi connectivity index (χ1) is 9.77. The van der Waals surface area contributed by atoms with E-state index in [0.29, 0.717) is 0 Å². The average molecular weight is 301 g/mol. The van der Waals surface area contributed by atoms with E-state index in [-0.39, 0.29) is 12.0 Å². The van der Waals surface area contributed by atoms with Gasteiger partial charge in [-0.2, -0.15) is 13.2 Å². The van der Waals surface area contributed by atoms with Crippen molar-refractivity contribution in [2.75, 3.05) is 0 Å². The number of alkyl halides is 3. The minimum atomic E-state index is -4.31. The second kappa shape index (κ2) is 6.05. The van der Waals surface area contributed by atoms with Crippen LogP contribution < -0.4 is 5.32 Å². The van der Waals surface area contributed by atoms with E-state index < -0.39 is 23.8 Å². The molecular formula is C15H18F3NO2. The summed E-state index contributed by atoms with van der Waals surface area (Å²) in [7, 11) is 0. The normalized spacial score (nSPS) is 24.0. The van der Waals surface area contributed by atoms with Crippen molar-refractivity contribution in [1.82, 2.24) is 5.32 Å². The van der Waals surface area contributed by atoms with Crippen LogP contribution in [0.2, 0.25) is 0 Å². The van der Waals surface area contributed by atoms with Gasteiger partial charge in [-0.15, -0.1) is 0 Å². The third-order valence-electron chi connectivity index (χ3n) is 4.00. The Morgan fingerprint density at radius 3 is 2.43 bits per heavy atom. The summed E-state index contributed by atoms with van der Waals surface area (Å²) < 4.78 is 37.5. The number of hydrogen-bond donors (Lipinski definition) is 2. The molecule has 0 saturated heterocycles. The van der Waals surface area contributed by atoms with Crippen LogP contribution in [-0.2, 0) is 11.0 Å². The summed E-state index contributed by atoms with van der Waals surface area (Å²) in [4.78, 5) is 10.8. The number of benzene rings is 1. The van der Waals surface area contributed by atoms with Gasteiger partial charge in [-0.1, -0.05) is 12.1 Å². The van der Waals surface area contributed by atoms with Crippen molar-refractivity contribution in [2.45, 2.75) is 50.4 Å². The predicted octanol–water partition coefficient (Wildman–Crippen LogP) is 3.40. The molecule has 2 rings (SSSR count). The van der Waals surface area contributed by atoms with Gasteiger partial charge >= 0.3 is 12.1 Å². The van der Waals surface area contributed by atoms with Gasteiger partial charge in [0.15, 0.2) is 0 Å². The van der Waals surface area contributed by atoms with Crippen LogP contribution in [0.25, 0.3) is 0 Å². The lowest BCUT2D eigenvalue weighted by Gasteiger charge is -2.17. The predicted molar refractivity (Wildman–Crippen MR) is 72.1 cm³/mol. The maximum absolute atomic E-state index is 12.5. The molecule has 0 aromatic heterocycles. The number of hydrogen-bond acceptors (Lipinski definition) is 2. The Hall–Kier alpha value is -1.56. The standard InChI is InChI=1S/C15H18F3NO2/c1-9(14(20)21)19-13-7-4-11(8-13)10-2-5-12(6-3-10)15(16,17)18/h2-3,5-6,9,11,13,19H,4,7-8H2,1H3,(H,20,21)/t9-,11?,13?/m1/s1. The van der Waals surface area contributed by atoms with Crippen LogP contribution in [-0.4, -0.2) is 23.2 Å². The first-order valence-electron chi connectivity index (χ1n) is 6.93. The molecule has 1 aromatic carbocycles. The Morgan fingerprint density at radius 2 is 1.90 bits per heavy atom. The largest absolute Gasteiger partial charge is 0.480 e. The smallest absolute Gasteiger partial charge is 0.416 e. The molecule has 0 amide bonds. The minimum Gasteiger partial charge on any atom is -0.480 e. The zero-order valence-corrected chi connectivity index (χ0v) is 11.7. The highest BCUT2D eigenvalue weighted by molar-refractivity contribution is 5.72. The molecular weight excluding hydrogens is 283 g/mol. The van der Waals surface area contributed by atoms with Gasteiger partial charge in [0.25, 0.3) is 0 Å². The average Bonchev–Trinajstić information content (AvgIpc) is 2.86. The summed E-state index contributed by atoms with van der Waals surface area (Å²) in [5.41, 5.74) is 0.244. The number of nitrogens with one attached hydrogen (secondary N) is 1. The van der Waals surface area contributed by atoms with E-state index >= 15 is 0 Å². The van der Waals surface area contributed by atoms with Gasteiger partial charge in [-0.25, -0.2) is 0 Å². The Bertz CT molecular complexity index is 499. The fraction of sp³-hybridized carbons (Fsp3) is 0.533. The molecule has 6 heteroatoms. The minimum absolute atomic E-state index is 0.100. The van der Waals surface area contributed by atoms with Crippen molar-refractivity contribution >= 4 is 5.97 Å². The third kappa shape index (κ3) is 3.97. The van der Waals surface area contributed by atoms with Crippen LogP contribution in [0.3, 0.4) is 0 Å². The molecule has 1 saturated carbocycles. The molecule has 3 atom stereocenters. The van der Waals surface area contributed by atoms with Gasteiger partial charge in [0.2, 0.25) is 0 Å². The maximum Gasteiger partial charge on any atom is 0.416 e. The second-order valence-corrected chi connectivity index (χ2v) is 5.55. The first-order valence-corrected chi connectivity index (χ1v) is 6.93. The number of carboxylic acids is 1. The monoisotopic (exact) mass is 301 g/mol. The summed E-state index contributed by atoms with van der Waals surface area (Å²) in [6, 6.07) is 4.75. The third-order valence-corrected chi connectivity index (χ3v) is 4.00. The summed E-state index contributed by atoms with van der Waals surface area (Å²) in [6.07, 6.45) is -1.86. The Labute approximate surface area is 121 Å². The highest BCUT2D eigenvalue weighted by Gasteiger charge is 2.31. The van der Waals surface area contributed by atoms with E-state index in [2.05, 4.69) is 5.32 Å². The molecule has 3 nitrogen and oxygen atoms in total. The lowest BCUT2D eigenvalue weighted by atomic mass is 9.96. The van der Waals surface area contributed by atoms with E-state index in [1.807, 2.05) is 0 Å². The topological polar surface area (TPSA) is 49.3 Å². The first kappa shape index (κ1) is 15.8. The quantitative estimate of drug-likeness (QED) is 0.896. The van der Waals surface area contributed by atoms with Crippen molar-refractivity contribution in [1.29, 1.82) is 0 Å². The van der Waals surface area contributed by atoms with E-state index in [0.717, 1.165) is 37.0 Å². The summed E-state index contributed by atoms with van der Waals surface area (Å²) in [5.74, 6) is -0.709. The Balaban J connectivity index is 1.97. The van der Waals surface area contributed by atoms with Crippen LogP contribution in [0.1, 0.15) is 43.2 Å². The number of halogens is 3. The maximum atomic E-state index is 12.5.